The number of hydrogen-bond donors (Lipinski definition) is 0. The largest absolute Gasteiger partial charge is 0.493 e. The van der Waals surface area contributed by atoms with Gasteiger partial charge in [-0.15, -0.1) is 0 Å². The first-order valence-electron chi connectivity index (χ1n) is 9.54. The van der Waals surface area contributed by atoms with E-state index in [0.717, 1.165) is 22.2 Å². The zero-order valence-corrected chi connectivity index (χ0v) is 19.3. The van der Waals surface area contributed by atoms with Gasteiger partial charge in [-0.2, -0.15) is 0 Å². The molecule has 32 heavy (non-hydrogen) atoms. The number of carbonyl (C=O) groups is 2. The first-order valence-corrected chi connectivity index (χ1v) is 11.1. The normalized spacial score (nSPS) is 14.8. The second-order valence-corrected chi connectivity index (χ2v) is 8.65. The molecule has 0 aromatic heterocycles. The molecule has 4 rings (SSSR count). The molecule has 0 bridgehead atoms. The van der Waals surface area contributed by atoms with Gasteiger partial charge in [0.1, 0.15) is 12.4 Å². The van der Waals surface area contributed by atoms with Gasteiger partial charge in [0, 0.05) is 0 Å². The number of halogens is 2. The van der Waals surface area contributed by atoms with Crippen molar-refractivity contribution < 1.29 is 23.5 Å². The quantitative estimate of drug-likeness (QED) is 0.356. The third-order valence-corrected chi connectivity index (χ3v) is 6.11. The average molecular weight is 514 g/mol. The van der Waals surface area contributed by atoms with Crippen LogP contribution in [0.2, 0.25) is 0 Å². The number of para-hydroxylation sites is 1. The van der Waals surface area contributed by atoms with Crippen molar-refractivity contribution in [3.05, 3.63) is 93.1 Å². The highest BCUT2D eigenvalue weighted by Crippen LogP contribution is 2.40. The van der Waals surface area contributed by atoms with Crippen LogP contribution in [0, 0.1) is 5.82 Å². The van der Waals surface area contributed by atoms with Crippen molar-refractivity contribution in [1.29, 1.82) is 0 Å². The van der Waals surface area contributed by atoms with E-state index in [-0.39, 0.29) is 23.6 Å². The lowest BCUT2D eigenvalue weighted by molar-refractivity contribution is -0.113. The summed E-state index contributed by atoms with van der Waals surface area (Å²) in [7, 11) is 1.51. The molecule has 1 aliphatic rings. The second kappa shape index (κ2) is 9.58. The number of benzene rings is 3. The molecule has 162 valence electrons. The van der Waals surface area contributed by atoms with E-state index in [1.165, 1.54) is 19.2 Å². The topological polar surface area (TPSA) is 55.8 Å². The number of anilines is 1. The predicted molar refractivity (Wildman–Crippen MR) is 126 cm³/mol. The van der Waals surface area contributed by atoms with Crippen molar-refractivity contribution >= 4 is 50.6 Å². The summed E-state index contributed by atoms with van der Waals surface area (Å²) in [5.41, 5.74) is 2.00. The minimum Gasteiger partial charge on any atom is -0.493 e. The van der Waals surface area contributed by atoms with Gasteiger partial charge in [-0.3, -0.25) is 9.59 Å². The van der Waals surface area contributed by atoms with Gasteiger partial charge in [-0.05, 0) is 81.3 Å². The van der Waals surface area contributed by atoms with Crippen molar-refractivity contribution in [2.45, 2.75) is 6.61 Å². The number of nitrogens with zero attached hydrogens (tertiary/aromatic N) is 1. The number of carbonyl (C=O) groups excluding carboxylic acids is 2. The zero-order valence-electron chi connectivity index (χ0n) is 16.9. The van der Waals surface area contributed by atoms with E-state index >= 15 is 0 Å². The molecule has 0 radical (unpaired) electrons. The standard InChI is InChI=1S/C24H17BrFNO4S/c1-30-20-12-16(11-19(25)22(20)31-14-15-7-9-17(26)10-8-15)13-21-23(28)27(24(29)32-21)18-5-3-2-4-6-18/h2-13H,14H2,1H3/b21-13+. The summed E-state index contributed by atoms with van der Waals surface area (Å²) >= 11 is 4.37. The van der Waals surface area contributed by atoms with Gasteiger partial charge in [0.15, 0.2) is 11.5 Å². The Hall–Kier alpha value is -3.10. The van der Waals surface area contributed by atoms with Crippen LogP contribution in [-0.4, -0.2) is 18.3 Å². The molecule has 3 aromatic rings. The molecule has 1 heterocycles. The Morgan fingerprint density at radius 1 is 1.06 bits per heavy atom. The van der Waals surface area contributed by atoms with Gasteiger partial charge < -0.3 is 9.47 Å². The van der Waals surface area contributed by atoms with Crippen LogP contribution in [0.3, 0.4) is 0 Å². The van der Waals surface area contributed by atoms with Crippen LogP contribution in [0.4, 0.5) is 14.9 Å². The van der Waals surface area contributed by atoms with Gasteiger partial charge in [0.05, 0.1) is 22.2 Å². The number of methoxy groups -OCH3 is 1. The summed E-state index contributed by atoms with van der Waals surface area (Å²) in [4.78, 5) is 26.7. The fourth-order valence-electron chi connectivity index (χ4n) is 3.12. The minimum absolute atomic E-state index is 0.227. The monoisotopic (exact) mass is 513 g/mol. The van der Waals surface area contributed by atoms with Crippen molar-refractivity contribution in [2.24, 2.45) is 0 Å². The smallest absolute Gasteiger partial charge is 0.298 e. The summed E-state index contributed by atoms with van der Waals surface area (Å²) < 4.78 is 25.0. The molecule has 0 aliphatic carbocycles. The summed E-state index contributed by atoms with van der Waals surface area (Å²) in [6, 6.07) is 18.3. The molecule has 0 spiro atoms. The molecular weight excluding hydrogens is 497 g/mol. The maximum absolute atomic E-state index is 13.1. The average Bonchev–Trinajstić information content (AvgIpc) is 3.07. The van der Waals surface area contributed by atoms with Crippen LogP contribution in [0.15, 0.2) is 76.1 Å². The van der Waals surface area contributed by atoms with Gasteiger partial charge >= 0.3 is 0 Å². The minimum atomic E-state index is -0.377. The third-order valence-electron chi connectivity index (χ3n) is 4.65. The van der Waals surface area contributed by atoms with Crippen LogP contribution < -0.4 is 14.4 Å². The molecule has 0 saturated carbocycles. The van der Waals surface area contributed by atoms with Crippen LogP contribution in [0.25, 0.3) is 6.08 Å². The zero-order chi connectivity index (χ0) is 22.7. The molecule has 0 unspecified atom stereocenters. The molecule has 8 heteroatoms. The van der Waals surface area contributed by atoms with Crippen LogP contribution in [0.1, 0.15) is 11.1 Å². The Morgan fingerprint density at radius 3 is 2.47 bits per heavy atom. The lowest BCUT2D eigenvalue weighted by Crippen LogP contribution is -2.27. The van der Waals surface area contributed by atoms with Gasteiger partial charge in [-0.1, -0.05) is 30.3 Å². The van der Waals surface area contributed by atoms with E-state index in [1.807, 2.05) is 6.07 Å². The maximum atomic E-state index is 13.1. The van der Waals surface area contributed by atoms with Crippen LogP contribution >= 0.6 is 27.7 Å². The fourth-order valence-corrected chi connectivity index (χ4v) is 4.53. The van der Waals surface area contributed by atoms with Gasteiger partial charge in [0.2, 0.25) is 0 Å². The molecule has 2 amide bonds. The molecule has 0 atom stereocenters. The Bertz CT molecular complexity index is 1200. The molecule has 1 saturated heterocycles. The highest BCUT2D eigenvalue weighted by atomic mass is 79.9. The summed E-state index contributed by atoms with van der Waals surface area (Å²) in [5.74, 6) is 0.243. The number of hydrogen-bond acceptors (Lipinski definition) is 5. The molecule has 0 N–H and O–H groups in total. The van der Waals surface area contributed by atoms with Crippen molar-refractivity contribution in [2.75, 3.05) is 12.0 Å². The van der Waals surface area contributed by atoms with Gasteiger partial charge in [0.25, 0.3) is 11.1 Å². The Morgan fingerprint density at radius 2 is 1.78 bits per heavy atom. The number of thioether (sulfide) groups is 1. The lowest BCUT2D eigenvalue weighted by Gasteiger charge is -2.14. The Labute approximate surface area is 197 Å². The van der Waals surface area contributed by atoms with E-state index < -0.39 is 0 Å². The number of ether oxygens (including phenoxy) is 2. The summed E-state index contributed by atoms with van der Waals surface area (Å²) in [5, 5.41) is -0.349. The van der Waals surface area contributed by atoms with E-state index in [2.05, 4.69) is 15.9 Å². The van der Waals surface area contributed by atoms with E-state index in [1.54, 1.807) is 54.6 Å². The summed E-state index contributed by atoms with van der Waals surface area (Å²) in [6.07, 6.45) is 1.64. The molecule has 5 nitrogen and oxygen atoms in total. The van der Waals surface area contributed by atoms with E-state index in [0.29, 0.717) is 32.1 Å². The molecule has 1 fully saturated rings. The van der Waals surface area contributed by atoms with E-state index in [9.17, 15) is 14.0 Å². The van der Waals surface area contributed by atoms with Crippen LogP contribution in [0.5, 0.6) is 11.5 Å². The molecule has 3 aromatic carbocycles. The number of amides is 2. The SMILES string of the molecule is COc1cc(/C=C2/SC(=O)N(c3ccccc3)C2=O)cc(Br)c1OCc1ccc(F)cc1. The lowest BCUT2D eigenvalue weighted by atomic mass is 10.1. The predicted octanol–water partition coefficient (Wildman–Crippen LogP) is 6.42. The van der Waals surface area contributed by atoms with E-state index in [4.69, 9.17) is 9.47 Å². The second-order valence-electron chi connectivity index (χ2n) is 6.80. The van der Waals surface area contributed by atoms with Gasteiger partial charge in [-0.25, -0.2) is 9.29 Å². The highest BCUT2D eigenvalue weighted by molar-refractivity contribution is 9.10. The molecular formula is C24H17BrFNO4S. The van der Waals surface area contributed by atoms with Crippen molar-refractivity contribution in [1.82, 2.24) is 0 Å². The number of rotatable bonds is 6. The van der Waals surface area contributed by atoms with Crippen LogP contribution in [-0.2, 0) is 11.4 Å². The Kier molecular flexibility index (Phi) is 6.62. The first kappa shape index (κ1) is 22.1. The highest BCUT2D eigenvalue weighted by Gasteiger charge is 2.36. The molecule has 1 aliphatic heterocycles. The van der Waals surface area contributed by atoms with Crippen molar-refractivity contribution in [3.8, 4) is 11.5 Å². The fraction of sp³-hybridized carbons (Fsp3) is 0.0833. The third kappa shape index (κ3) is 4.71. The van der Waals surface area contributed by atoms with Crippen molar-refractivity contribution in [3.63, 3.8) is 0 Å². The Balaban J connectivity index is 1.57. The maximum Gasteiger partial charge on any atom is 0.298 e. The first-order chi connectivity index (χ1) is 15.5. The summed E-state index contributed by atoms with van der Waals surface area (Å²) in [6.45, 7) is 0.227. The number of imide groups is 1.